The fourth-order valence-corrected chi connectivity index (χ4v) is 3.01. The van der Waals surface area contributed by atoms with Gasteiger partial charge in [0.1, 0.15) is 5.82 Å². The van der Waals surface area contributed by atoms with Crippen LogP contribution >= 0.6 is 0 Å². The van der Waals surface area contributed by atoms with Gasteiger partial charge in [-0.2, -0.15) is 0 Å². The molecule has 1 atom stereocenters. The quantitative estimate of drug-likeness (QED) is 0.493. The van der Waals surface area contributed by atoms with Crippen LogP contribution in [0.4, 0.5) is 4.39 Å². The molecule has 2 rings (SSSR count). The molecule has 0 aliphatic rings. The molecule has 2 aromatic rings. The summed E-state index contributed by atoms with van der Waals surface area (Å²) >= 11 is 0. The van der Waals surface area contributed by atoms with Gasteiger partial charge < -0.3 is 14.5 Å². The zero-order valence-corrected chi connectivity index (χ0v) is 17.3. The molecule has 160 valence electrons. The fourth-order valence-electron chi connectivity index (χ4n) is 3.01. The Morgan fingerprint density at radius 1 is 1.07 bits per heavy atom. The van der Waals surface area contributed by atoms with Crippen LogP contribution in [0.2, 0.25) is 0 Å². The standard InChI is InChI=1S/C22H24FNO6/c1-5-29-22(28)19-12(2)20(24-13(19)3)21(27)14(4)30-18(26)11-10-17(25)15-6-8-16(23)9-7-15/h6-9,14,24H,5,10-11H2,1-4H3/t14-/m1/s1. The molecule has 1 aromatic heterocycles. The Labute approximate surface area is 173 Å². The van der Waals surface area contributed by atoms with Crippen molar-refractivity contribution in [2.24, 2.45) is 0 Å². The second-order valence-corrected chi connectivity index (χ2v) is 6.77. The summed E-state index contributed by atoms with van der Waals surface area (Å²) in [6.45, 7) is 6.56. The van der Waals surface area contributed by atoms with Crippen LogP contribution < -0.4 is 0 Å². The van der Waals surface area contributed by atoms with Gasteiger partial charge in [-0.15, -0.1) is 0 Å². The molecular formula is C22H24FNO6. The first-order valence-corrected chi connectivity index (χ1v) is 9.54. The highest BCUT2D eigenvalue weighted by atomic mass is 19.1. The number of H-pyrrole nitrogens is 1. The van der Waals surface area contributed by atoms with Crippen LogP contribution in [0.3, 0.4) is 0 Å². The van der Waals surface area contributed by atoms with Gasteiger partial charge in [-0.3, -0.25) is 14.4 Å². The van der Waals surface area contributed by atoms with E-state index < -0.39 is 29.6 Å². The number of benzene rings is 1. The van der Waals surface area contributed by atoms with Gasteiger partial charge in [0.2, 0.25) is 5.78 Å². The topological polar surface area (TPSA) is 103 Å². The average molecular weight is 417 g/mol. The maximum atomic E-state index is 12.9. The van der Waals surface area contributed by atoms with Crippen molar-refractivity contribution in [1.29, 1.82) is 0 Å². The van der Waals surface area contributed by atoms with E-state index in [1.165, 1.54) is 19.1 Å². The Hall–Kier alpha value is -3.29. The molecule has 0 spiro atoms. The van der Waals surface area contributed by atoms with Crippen molar-refractivity contribution in [3.63, 3.8) is 0 Å². The number of Topliss-reactive ketones (excluding diaryl/α,β-unsaturated/α-hetero) is 2. The Balaban J connectivity index is 1.97. The van der Waals surface area contributed by atoms with Crippen LogP contribution in [0.1, 0.15) is 69.2 Å². The smallest absolute Gasteiger partial charge is 0.340 e. The summed E-state index contributed by atoms with van der Waals surface area (Å²) in [7, 11) is 0. The van der Waals surface area contributed by atoms with E-state index in [1.54, 1.807) is 20.8 Å². The molecule has 30 heavy (non-hydrogen) atoms. The first-order valence-electron chi connectivity index (χ1n) is 9.54. The molecule has 0 aliphatic heterocycles. The lowest BCUT2D eigenvalue weighted by Gasteiger charge is -2.12. The molecule has 0 aliphatic carbocycles. The summed E-state index contributed by atoms with van der Waals surface area (Å²) in [6, 6.07) is 5.01. The van der Waals surface area contributed by atoms with Gasteiger partial charge >= 0.3 is 11.9 Å². The number of ketones is 2. The number of aryl methyl sites for hydroxylation is 1. The highest BCUT2D eigenvalue weighted by molar-refractivity contribution is 6.04. The zero-order chi connectivity index (χ0) is 22.4. The van der Waals surface area contributed by atoms with E-state index >= 15 is 0 Å². The first kappa shape index (κ1) is 23.0. The SMILES string of the molecule is CCOC(=O)c1c(C)[nH]c(C(=O)[C@@H](C)OC(=O)CCC(=O)c2ccc(F)cc2)c1C. The summed E-state index contributed by atoms with van der Waals surface area (Å²) in [5.41, 5.74) is 1.64. The molecule has 0 fully saturated rings. The minimum absolute atomic E-state index is 0.126. The van der Waals surface area contributed by atoms with Crippen LogP contribution in [0.5, 0.6) is 0 Å². The number of hydrogen-bond acceptors (Lipinski definition) is 6. The highest BCUT2D eigenvalue weighted by Crippen LogP contribution is 2.21. The van der Waals surface area contributed by atoms with Crippen molar-refractivity contribution in [2.45, 2.75) is 46.6 Å². The lowest BCUT2D eigenvalue weighted by atomic mass is 10.1. The maximum absolute atomic E-state index is 12.9. The summed E-state index contributed by atoms with van der Waals surface area (Å²) in [5, 5.41) is 0. The normalized spacial score (nSPS) is 11.6. The molecule has 0 bridgehead atoms. The molecule has 0 radical (unpaired) electrons. The Morgan fingerprint density at radius 3 is 2.30 bits per heavy atom. The second kappa shape index (κ2) is 9.96. The fraction of sp³-hybridized carbons (Fsp3) is 0.364. The van der Waals surface area contributed by atoms with E-state index in [9.17, 15) is 23.6 Å². The average Bonchev–Trinajstić information content (AvgIpc) is 3.00. The molecule has 8 heteroatoms. The van der Waals surface area contributed by atoms with Crippen molar-refractivity contribution < 1.29 is 33.0 Å². The van der Waals surface area contributed by atoms with Gasteiger partial charge in [-0.05, 0) is 57.5 Å². The number of ether oxygens (including phenoxy) is 2. The van der Waals surface area contributed by atoms with Gasteiger partial charge in [0.15, 0.2) is 11.9 Å². The van der Waals surface area contributed by atoms with Crippen LogP contribution in [-0.2, 0) is 14.3 Å². The summed E-state index contributed by atoms with van der Waals surface area (Å²) < 4.78 is 23.1. The molecule has 0 saturated carbocycles. The molecule has 7 nitrogen and oxygen atoms in total. The Kier molecular flexibility index (Phi) is 7.63. The molecule has 0 saturated heterocycles. The first-order chi connectivity index (χ1) is 14.1. The number of rotatable bonds is 9. The Morgan fingerprint density at radius 2 is 1.70 bits per heavy atom. The monoisotopic (exact) mass is 417 g/mol. The highest BCUT2D eigenvalue weighted by Gasteiger charge is 2.27. The van der Waals surface area contributed by atoms with Crippen LogP contribution in [0.15, 0.2) is 24.3 Å². The van der Waals surface area contributed by atoms with Crippen molar-refractivity contribution in [3.8, 4) is 0 Å². The van der Waals surface area contributed by atoms with Crippen LogP contribution in [0.25, 0.3) is 0 Å². The van der Waals surface area contributed by atoms with Crippen molar-refractivity contribution >= 4 is 23.5 Å². The van der Waals surface area contributed by atoms with E-state index in [1.807, 2.05) is 0 Å². The summed E-state index contributed by atoms with van der Waals surface area (Å²) in [4.78, 5) is 51.7. The van der Waals surface area contributed by atoms with Gasteiger partial charge in [0, 0.05) is 17.7 Å². The third-order valence-corrected chi connectivity index (χ3v) is 4.56. The zero-order valence-electron chi connectivity index (χ0n) is 17.3. The van der Waals surface area contributed by atoms with Gasteiger partial charge in [-0.1, -0.05) is 0 Å². The van der Waals surface area contributed by atoms with Gasteiger partial charge in [-0.25, -0.2) is 9.18 Å². The number of halogens is 1. The maximum Gasteiger partial charge on any atom is 0.340 e. The third kappa shape index (κ3) is 5.40. The molecule has 1 heterocycles. The minimum Gasteiger partial charge on any atom is -0.462 e. The van der Waals surface area contributed by atoms with Gasteiger partial charge in [0.25, 0.3) is 0 Å². The molecular weight excluding hydrogens is 393 g/mol. The molecule has 1 aromatic carbocycles. The second-order valence-electron chi connectivity index (χ2n) is 6.77. The van der Waals surface area contributed by atoms with Gasteiger partial charge in [0.05, 0.1) is 24.3 Å². The number of hydrogen-bond donors (Lipinski definition) is 1. The number of nitrogens with one attached hydrogen (secondary N) is 1. The molecule has 1 N–H and O–H groups in total. The van der Waals surface area contributed by atoms with E-state index in [-0.39, 0.29) is 42.1 Å². The number of aromatic nitrogens is 1. The molecule has 0 amide bonds. The number of aromatic amines is 1. The predicted octanol–water partition coefficient (Wildman–Crippen LogP) is 3.72. The number of carbonyl (C=O) groups excluding carboxylic acids is 4. The summed E-state index contributed by atoms with van der Waals surface area (Å²) in [5.74, 6) is -2.53. The van der Waals surface area contributed by atoms with Crippen molar-refractivity contribution in [2.75, 3.05) is 6.61 Å². The largest absolute Gasteiger partial charge is 0.462 e. The summed E-state index contributed by atoms with van der Waals surface area (Å²) in [6.07, 6.45) is -1.45. The predicted molar refractivity (Wildman–Crippen MR) is 106 cm³/mol. The van der Waals surface area contributed by atoms with E-state index in [0.717, 1.165) is 12.1 Å². The Bertz CT molecular complexity index is 961. The number of esters is 2. The van der Waals surface area contributed by atoms with Crippen molar-refractivity contribution in [3.05, 3.63) is 58.2 Å². The minimum atomic E-state index is -1.11. The molecule has 0 unspecified atom stereocenters. The van der Waals surface area contributed by atoms with Crippen LogP contribution in [0, 0.1) is 19.7 Å². The van der Waals surface area contributed by atoms with E-state index in [0.29, 0.717) is 11.3 Å². The van der Waals surface area contributed by atoms with Crippen LogP contribution in [-0.4, -0.2) is 41.2 Å². The number of carbonyl (C=O) groups is 4. The lowest BCUT2D eigenvalue weighted by Crippen LogP contribution is -2.25. The van der Waals surface area contributed by atoms with Crippen molar-refractivity contribution in [1.82, 2.24) is 4.98 Å². The lowest BCUT2D eigenvalue weighted by molar-refractivity contribution is -0.146. The third-order valence-electron chi connectivity index (χ3n) is 4.56. The van der Waals surface area contributed by atoms with E-state index in [4.69, 9.17) is 9.47 Å². The van der Waals surface area contributed by atoms with E-state index in [2.05, 4.69) is 4.98 Å².